The standard InChI is InChI=1S/C17H23NO5/c1-16(20)8-17(23-11-16)9-18(10-17)15(19)6-12-4-13(21-2)7-14(5-12)22-3/h4-5,7,20H,6,8-11H2,1-3H3. The molecule has 3 rings (SSSR count). The van der Waals surface area contributed by atoms with Crippen molar-refractivity contribution in [2.75, 3.05) is 33.9 Å². The number of aliphatic hydroxyl groups is 1. The third-order valence-corrected chi connectivity index (χ3v) is 4.47. The summed E-state index contributed by atoms with van der Waals surface area (Å²) in [6, 6.07) is 5.46. The maximum Gasteiger partial charge on any atom is 0.227 e. The highest BCUT2D eigenvalue weighted by molar-refractivity contribution is 5.80. The highest BCUT2D eigenvalue weighted by Gasteiger charge is 2.54. The Labute approximate surface area is 135 Å². The highest BCUT2D eigenvalue weighted by atomic mass is 16.5. The van der Waals surface area contributed by atoms with Crippen molar-refractivity contribution in [1.82, 2.24) is 4.90 Å². The molecule has 1 aromatic carbocycles. The molecule has 23 heavy (non-hydrogen) atoms. The fourth-order valence-corrected chi connectivity index (χ4v) is 3.39. The molecule has 6 nitrogen and oxygen atoms in total. The first-order chi connectivity index (χ1) is 10.8. The maximum atomic E-state index is 12.4. The first-order valence-electron chi connectivity index (χ1n) is 7.71. The van der Waals surface area contributed by atoms with E-state index in [1.54, 1.807) is 32.1 Å². The average Bonchev–Trinajstić information content (AvgIpc) is 2.81. The number of carbonyl (C=O) groups excluding carboxylic acids is 1. The lowest BCUT2D eigenvalue weighted by Gasteiger charge is -2.47. The summed E-state index contributed by atoms with van der Waals surface area (Å²) in [5.74, 6) is 1.38. The zero-order valence-electron chi connectivity index (χ0n) is 13.8. The fourth-order valence-electron chi connectivity index (χ4n) is 3.39. The van der Waals surface area contributed by atoms with Gasteiger partial charge < -0.3 is 24.2 Å². The molecule has 1 atom stereocenters. The molecule has 1 spiro atoms. The Bertz CT molecular complexity index is 585. The summed E-state index contributed by atoms with van der Waals surface area (Å²) in [5, 5.41) is 10.0. The van der Waals surface area contributed by atoms with Gasteiger partial charge in [-0.1, -0.05) is 0 Å². The normalized spacial score (nSPS) is 25.3. The number of nitrogens with zero attached hydrogens (tertiary/aromatic N) is 1. The average molecular weight is 321 g/mol. The lowest BCUT2D eigenvalue weighted by Crippen LogP contribution is -2.63. The quantitative estimate of drug-likeness (QED) is 0.896. The van der Waals surface area contributed by atoms with Gasteiger partial charge in [-0.25, -0.2) is 0 Å². The Morgan fingerprint density at radius 3 is 2.35 bits per heavy atom. The summed E-state index contributed by atoms with van der Waals surface area (Å²) in [6.07, 6.45) is 0.872. The molecule has 1 unspecified atom stereocenters. The van der Waals surface area contributed by atoms with Crippen molar-refractivity contribution >= 4 is 5.91 Å². The molecule has 0 aromatic heterocycles. The van der Waals surface area contributed by atoms with Crippen LogP contribution in [0.25, 0.3) is 0 Å². The number of rotatable bonds is 4. The minimum absolute atomic E-state index is 0.0427. The molecule has 0 aliphatic carbocycles. The summed E-state index contributed by atoms with van der Waals surface area (Å²) in [5.41, 5.74) is -0.285. The summed E-state index contributed by atoms with van der Waals surface area (Å²) in [6.45, 7) is 3.20. The van der Waals surface area contributed by atoms with Crippen molar-refractivity contribution in [3.8, 4) is 11.5 Å². The van der Waals surface area contributed by atoms with Crippen molar-refractivity contribution in [2.24, 2.45) is 0 Å². The fraction of sp³-hybridized carbons (Fsp3) is 0.588. The van der Waals surface area contributed by atoms with Gasteiger partial charge in [-0.2, -0.15) is 0 Å². The van der Waals surface area contributed by atoms with Crippen LogP contribution in [0.5, 0.6) is 11.5 Å². The van der Waals surface area contributed by atoms with Crippen molar-refractivity contribution in [3.63, 3.8) is 0 Å². The molecule has 2 aliphatic rings. The van der Waals surface area contributed by atoms with E-state index in [2.05, 4.69) is 0 Å². The van der Waals surface area contributed by atoms with Crippen LogP contribution >= 0.6 is 0 Å². The highest BCUT2D eigenvalue weighted by Crippen LogP contribution is 2.40. The molecule has 2 aliphatic heterocycles. The molecule has 0 bridgehead atoms. The van der Waals surface area contributed by atoms with E-state index in [-0.39, 0.29) is 11.5 Å². The van der Waals surface area contributed by atoms with E-state index in [9.17, 15) is 9.90 Å². The van der Waals surface area contributed by atoms with E-state index < -0.39 is 5.60 Å². The Morgan fingerprint density at radius 1 is 1.26 bits per heavy atom. The van der Waals surface area contributed by atoms with Gasteiger partial charge in [-0.15, -0.1) is 0 Å². The van der Waals surface area contributed by atoms with Gasteiger partial charge in [0, 0.05) is 12.5 Å². The lowest BCUT2D eigenvalue weighted by atomic mass is 9.85. The topological polar surface area (TPSA) is 68.2 Å². The van der Waals surface area contributed by atoms with E-state index in [0.717, 1.165) is 5.56 Å². The van der Waals surface area contributed by atoms with E-state index in [0.29, 0.717) is 44.0 Å². The number of carbonyl (C=O) groups is 1. The number of amides is 1. The molecule has 1 amide bonds. The van der Waals surface area contributed by atoms with E-state index >= 15 is 0 Å². The van der Waals surface area contributed by atoms with Gasteiger partial charge in [0.2, 0.25) is 5.91 Å². The third kappa shape index (κ3) is 3.28. The molecule has 1 N–H and O–H groups in total. The van der Waals surface area contributed by atoms with Gasteiger partial charge >= 0.3 is 0 Å². The summed E-state index contributed by atoms with van der Waals surface area (Å²) < 4.78 is 16.2. The second kappa shape index (κ2) is 5.69. The van der Waals surface area contributed by atoms with E-state index in [1.165, 1.54) is 0 Å². The number of ether oxygens (including phenoxy) is 3. The van der Waals surface area contributed by atoms with Crippen LogP contribution in [0.4, 0.5) is 0 Å². The van der Waals surface area contributed by atoms with Crippen molar-refractivity contribution in [1.29, 1.82) is 0 Å². The van der Waals surface area contributed by atoms with Crippen LogP contribution in [0.15, 0.2) is 18.2 Å². The molecule has 0 radical (unpaired) electrons. The predicted molar refractivity (Wildman–Crippen MR) is 83.8 cm³/mol. The lowest BCUT2D eigenvalue weighted by molar-refractivity contribution is -0.157. The molecule has 126 valence electrons. The monoisotopic (exact) mass is 321 g/mol. The first-order valence-corrected chi connectivity index (χ1v) is 7.71. The second-order valence-electron chi connectivity index (χ2n) is 6.79. The number of hydrogen-bond donors (Lipinski definition) is 1. The van der Waals surface area contributed by atoms with Gasteiger partial charge in [0.1, 0.15) is 17.1 Å². The van der Waals surface area contributed by atoms with Crippen LogP contribution in [0.1, 0.15) is 18.9 Å². The molecule has 6 heteroatoms. The molecule has 1 aromatic rings. The predicted octanol–water partition coefficient (Wildman–Crippen LogP) is 0.999. The number of methoxy groups -OCH3 is 2. The number of likely N-dealkylation sites (tertiary alicyclic amines) is 1. The van der Waals surface area contributed by atoms with Crippen LogP contribution in [-0.2, 0) is 16.0 Å². The van der Waals surface area contributed by atoms with Crippen LogP contribution in [0.2, 0.25) is 0 Å². The summed E-state index contributed by atoms with van der Waals surface area (Å²) in [4.78, 5) is 14.2. The van der Waals surface area contributed by atoms with Gasteiger partial charge in [-0.05, 0) is 24.6 Å². The Kier molecular flexibility index (Phi) is 3.98. The SMILES string of the molecule is COc1cc(CC(=O)N2CC3(C2)CC(C)(O)CO3)cc(OC)c1. The Hall–Kier alpha value is -1.79. The van der Waals surface area contributed by atoms with Crippen molar-refractivity contribution in [3.05, 3.63) is 23.8 Å². The van der Waals surface area contributed by atoms with Gasteiger partial charge in [0.05, 0.1) is 45.9 Å². The Morgan fingerprint density at radius 2 is 1.87 bits per heavy atom. The molecular weight excluding hydrogens is 298 g/mol. The minimum atomic E-state index is -0.782. The molecule has 0 saturated carbocycles. The summed E-state index contributed by atoms with van der Waals surface area (Å²) in [7, 11) is 3.17. The zero-order valence-corrected chi connectivity index (χ0v) is 13.8. The molecule has 2 saturated heterocycles. The van der Waals surface area contributed by atoms with Crippen molar-refractivity contribution in [2.45, 2.75) is 31.0 Å². The van der Waals surface area contributed by atoms with E-state index in [4.69, 9.17) is 14.2 Å². The van der Waals surface area contributed by atoms with Crippen LogP contribution in [-0.4, -0.2) is 61.0 Å². The van der Waals surface area contributed by atoms with Gasteiger partial charge in [-0.3, -0.25) is 4.79 Å². The molecule has 2 heterocycles. The van der Waals surface area contributed by atoms with E-state index in [1.807, 2.05) is 12.1 Å². The van der Waals surface area contributed by atoms with Gasteiger partial charge in [0.15, 0.2) is 0 Å². The molecular formula is C17H23NO5. The second-order valence-corrected chi connectivity index (χ2v) is 6.79. The van der Waals surface area contributed by atoms with Crippen LogP contribution in [0.3, 0.4) is 0 Å². The zero-order chi connectivity index (χ0) is 16.7. The number of benzene rings is 1. The van der Waals surface area contributed by atoms with Crippen molar-refractivity contribution < 1.29 is 24.1 Å². The largest absolute Gasteiger partial charge is 0.497 e. The molecule has 2 fully saturated rings. The minimum Gasteiger partial charge on any atom is -0.497 e. The van der Waals surface area contributed by atoms with Crippen LogP contribution < -0.4 is 9.47 Å². The maximum absolute atomic E-state index is 12.4. The Balaban J connectivity index is 1.61. The number of hydrogen-bond acceptors (Lipinski definition) is 5. The smallest absolute Gasteiger partial charge is 0.227 e. The summed E-state index contributed by atoms with van der Waals surface area (Å²) >= 11 is 0. The third-order valence-electron chi connectivity index (χ3n) is 4.47. The van der Waals surface area contributed by atoms with Crippen LogP contribution in [0, 0.1) is 0 Å². The first kappa shape index (κ1) is 16.1. The van der Waals surface area contributed by atoms with Gasteiger partial charge in [0.25, 0.3) is 0 Å².